The lowest BCUT2D eigenvalue weighted by atomic mass is 9.90. The predicted molar refractivity (Wildman–Crippen MR) is 94.0 cm³/mol. The van der Waals surface area contributed by atoms with Gasteiger partial charge in [-0.3, -0.25) is 9.59 Å². The maximum absolute atomic E-state index is 12.6. The van der Waals surface area contributed by atoms with E-state index < -0.39 is 11.4 Å². The standard InChI is InChI=1S/C19H23N3O3/c1-19(2,18(24)25)11-12-20-17(23)16-14-9-6-10-15(14)22(21-16)13-7-4-3-5-8-13/h3-5,7-8H,6,9-12H2,1-2H3,(H,20,23)(H,24,25). The van der Waals surface area contributed by atoms with E-state index >= 15 is 0 Å². The summed E-state index contributed by atoms with van der Waals surface area (Å²) < 4.78 is 1.86. The van der Waals surface area contributed by atoms with Crippen LogP contribution in [0.3, 0.4) is 0 Å². The van der Waals surface area contributed by atoms with Crippen molar-refractivity contribution < 1.29 is 14.7 Å². The third-order valence-electron chi connectivity index (χ3n) is 4.76. The average molecular weight is 341 g/mol. The summed E-state index contributed by atoms with van der Waals surface area (Å²) in [5, 5.41) is 16.5. The van der Waals surface area contributed by atoms with Crippen molar-refractivity contribution in [3.63, 3.8) is 0 Å². The molecule has 0 radical (unpaired) electrons. The number of carboxylic acids is 1. The zero-order chi connectivity index (χ0) is 18.0. The molecule has 3 rings (SSSR count). The summed E-state index contributed by atoms with van der Waals surface area (Å²) in [5.74, 6) is -1.09. The number of fused-ring (bicyclic) bond motifs is 1. The highest BCUT2D eigenvalue weighted by Crippen LogP contribution is 2.28. The van der Waals surface area contributed by atoms with Crippen LogP contribution in [0, 0.1) is 5.41 Å². The molecule has 2 aromatic rings. The molecule has 0 bridgehead atoms. The van der Waals surface area contributed by atoms with Gasteiger partial charge in [0.15, 0.2) is 5.69 Å². The highest BCUT2D eigenvalue weighted by Gasteiger charge is 2.29. The SMILES string of the molecule is CC(C)(CCNC(=O)c1nn(-c2ccccc2)c2c1CCC2)C(=O)O. The number of carbonyl (C=O) groups excluding carboxylic acids is 1. The lowest BCUT2D eigenvalue weighted by Gasteiger charge is -2.18. The fraction of sp³-hybridized carbons (Fsp3) is 0.421. The third-order valence-corrected chi connectivity index (χ3v) is 4.76. The number of aliphatic carboxylic acids is 1. The average Bonchev–Trinajstić information content (AvgIpc) is 3.17. The molecule has 2 N–H and O–H groups in total. The Labute approximate surface area is 146 Å². The molecular weight excluding hydrogens is 318 g/mol. The van der Waals surface area contributed by atoms with Gasteiger partial charge in [0, 0.05) is 17.8 Å². The maximum atomic E-state index is 12.6. The number of benzene rings is 1. The van der Waals surface area contributed by atoms with E-state index in [1.807, 2.05) is 35.0 Å². The number of aromatic nitrogens is 2. The molecule has 0 aliphatic heterocycles. The first-order valence-corrected chi connectivity index (χ1v) is 8.58. The van der Waals surface area contributed by atoms with Crippen LogP contribution in [0.25, 0.3) is 5.69 Å². The van der Waals surface area contributed by atoms with Gasteiger partial charge in [-0.25, -0.2) is 4.68 Å². The van der Waals surface area contributed by atoms with Gasteiger partial charge in [0.05, 0.1) is 11.1 Å². The molecule has 132 valence electrons. The number of hydrogen-bond acceptors (Lipinski definition) is 3. The first kappa shape index (κ1) is 17.2. The van der Waals surface area contributed by atoms with Crippen LogP contribution in [-0.2, 0) is 17.6 Å². The zero-order valence-electron chi connectivity index (χ0n) is 14.6. The van der Waals surface area contributed by atoms with Crippen LogP contribution in [0.1, 0.15) is 48.4 Å². The number of amides is 1. The van der Waals surface area contributed by atoms with Crippen molar-refractivity contribution >= 4 is 11.9 Å². The molecular formula is C19H23N3O3. The number of hydrogen-bond donors (Lipinski definition) is 2. The van der Waals surface area contributed by atoms with Gasteiger partial charge in [-0.1, -0.05) is 18.2 Å². The van der Waals surface area contributed by atoms with E-state index in [0.29, 0.717) is 18.7 Å². The van der Waals surface area contributed by atoms with E-state index in [1.165, 1.54) is 0 Å². The maximum Gasteiger partial charge on any atom is 0.309 e. The quantitative estimate of drug-likeness (QED) is 0.846. The zero-order valence-corrected chi connectivity index (χ0v) is 14.6. The van der Waals surface area contributed by atoms with E-state index in [0.717, 1.165) is 36.2 Å². The molecule has 0 saturated carbocycles. The van der Waals surface area contributed by atoms with Crippen LogP contribution in [0.4, 0.5) is 0 Å². The Morgan fingerprint density at radius 1 is 1.24 bits per heavy atom. The molecule has 6 heteroatoms. The van der Waals surface area contributed by atoms with Crippen molar-refractivity contribution in [2.24, 2.45) is 5.41 Å². The van der Waals surface area contributed by atoms with Crippen molar-refractivity contribution in [2.45, 2.75) is 39.5 Å². The first-order chi connectivity index (χ1) is 11.9. The van der Waals surface area contributed by atoms with E-state index in [4.69, 9.17) is 5.11 Å². The molecule has 1 aliphatic carbocycles. The minimum Gasteiger partial charge on any atom is -0.481 e. The Bertz CT molecular complexity index is 794. The van der Waals surface area contributed by atoms with E-state index in [1.54, 1.807) is 13.8 Å². The van der Waals surface area contributed by atoms with Gasteiger partial charge < -0.3 is 10.4 Å². The molecule has 0 spiro atoms. The number of rotatable bonds is 6. The molecule has 1 heterocycles. The topological polar surface area (TPSA) is 84.2 Å². The molecule has 1 aliphatic rings. The fourth-order valence-corrected chi connectivity index (χ4v) is 3.08. The van der Waals surface area contributed by atoms with Gasteiger partial charge in [-0.05, 0) is 51.7 Å². The van der Waals surface area contributed by atoms with Crippen LogP contribution in [0.2, 0.25) is 0 Å². The Morgan fingerprint density at radius 3 is 2.64 bits per heavy atom. The van der Waals surface area contributed by atoms with Crippen molar-refractivity contribution in [1.29, 1.82) is 0 Å². The van der Waals surface area contributed by atoms with Gasteiger partial charge in [-0.15, -0.1) is 0 Å². The van der Waals surface area contributed by atoms with Crippen molar-refractivity contribution in [2.75, 3.05) is 6.54 Å². The first-order valence-electron chi connectivity index (χ1n) is 8.58. The summed E-state index contributed by atoms with van der Waals surface area (Å²) in [4.78, 5) is 23.7. The van der Waals surface area contributed by atoms with Crippen LogP contribution in [0.5, 0.6) is 0 Å². The van der Waals surface area contributed by atoms with E-state index in [9.17, 15) is 9.59 Å². The van der Waals surface area contributed by atoms with Crippen LogP contribution >= 0.6 is 0 Å². The molecule has 1 aromatic carbocycles. The number of para-hydroxylation sites is 1. The number of nitrogens with one attached hydrogen (secondary N) is 1. The molecule has 1 amide bonds. The summed E-state index contributed by atoms with van der Waals surface area (Å²) in [6.45, 7) is 3.62. The van der Waals surface area contributed by atoms with Crippen molar-refractivity contribution in [3.05, 3.63) is 47.3 Å². The molecule has 1 aromatic heterocycles. The Balaban J connectivity index is 1.77. The minimum absolute atomic E-state index is 0.228. The number of nitrogens with zero attached hydrogens (tertiary/aromatic N) is 2. The van der Waals surface area contributed by atoms with Crippen molar-refractivity contribution in [3.8, 4) is 5.69 Å². The Kier molecular flexibility index (Phi) is 4.61. The van der Waals surface area contributed by atoms with Gasteiger partial charge >= 0.3 is 5.97 Å². The summed E-state index contributed by atoms with van der Waals surface area (Å²) in [6, 6.07) is 9.80. The monoisotopic (exact) mass is 341 g/mol. The van der Waals surface area contributed by atoms with Crippen LogP contribution in [-0.4, -0.2) is 33.3 Å². The van der Waals surface area contributed by atoms with Crippen molar-refractivity contribution in [1.82, 2.24) is 15.1 Å². The van der Waals surface area contributed by atoms with Gasteiger partial charge in [0.25, 0.3) is 5.91 Å². The molecule has 0 unspecified atom stereocenters. The Morgan fingerprint density at radius 2 is 1.96 bits per heavy atom. The summed E-state index contributed by atoms with van der Waals surface area (Å²) >= 11 is 0. The second kappa shape index (κ2) is 6.70. The van der Waals surface area contributed by atoms with Gasteiger partial charge in [0.1, 0.15) is 0 Å². The Hall–Kier alpha value is -2.63. The molecule has 0 fully saturated rings. The smallest absolute Gasteiger partial charge is 0.309 e. The summed E-state index contributed by atoms with van der Waals surface area (Å²) in [6.07, 6.45) is 3.16. The van der Waals surface area contributed by atoms with E-state index in [2.05, 4.69) is 10.4 Å². The fourth-order valence-electron chi connectivity index (χ4n) is 3.08. The normalized spacial score (nSPS) is 13.5. The van der Waals surface area contributed by atoms with Crippen LogP contribution < -0.4 is 5.32 Å². The lowest BCUT2D eigenvalue weighted by molar-refractivity contribution is -0.147. The van der Waals surface area contributed by atoms with Gasteiger partial charge in [-0.2, -0.15) is 5.10 Å². The minimum atomic E-state index is -0.865. The largest absolute Gasteiger partial charge is 0.481 e. The summed E-state index contributed by atoms with van der Waals surface area (Å²) in [5.41, 5.74) is 2.66. The molecule has 25 heavy (non-hydrogen) atoms. The molecule has 0 saturated heterocycles. The van der Waals surface area contributed by atoms with Crippen LogP contribution in [0.15, 0.2) is 30.3 Å². The van der Waals surface area contributed by atoms with Gasteiger partial charge in [0.2, 0.25) is 0 Å². The number of carboxylic acid groups (broad SMARTS) is 1. The second-order valence-corrected chi connectivity index (χ2v) is 7.07. The predicted octanol–water partition coefficient (Wildman–Crippen LogP) is 2.59. The highest BCUT2D eigenvalue weighted by molar-refractivity contribution is 5.94. The number of carbonyl (C=O) groups is 2. The summed E-state index contributed by atoms with van der Waals surface area (Å²) in [7, 11) is 0. The molecule has 6 nitrogen and oxygen atoms in total. The third kappa shape index (κ3) is 3.43. The lowest BCUT2D eigenvalue weighted by Crippen LogP contribution is -2.32. The second-order valence-electron chi connectivity index (χ2n) is 7.07. The van der Waals surface area contributed by atoms with E-state index in [-0.39, 0.29) is 5.91 Å². The highest BCUT2D eigenvalue weighted by atomic mass is 16.4. The molecule has 0 atom stereocenters.